The largest absolute Gasteiger partial charge is 0.387 e. The number of halogens is 1. The Morgan fingerprint density at radius 1 is 1.67 bits per heavy atom. The quantitative estimate of drug-likeness (QED) is 0.679. The third-order valence-electron chi connectivity index (χ3n) is 1.55. The number of hydrogen-bond acceptors (Lipinski definition) is 3. The Labute approximate surface area is 76.2 Å². The highest BCUT2D eigenvalue weighted by Gasteiger charge is 2.06. The zero-order valence-corrected chi connectivity index (χ0v) is 7.54. The molecule has 3 nitrogen and oxygen atoms in total. The lowest BCUT2D eigenvalue weighted by atomic mass is 10.1. The lowest BCUT2D eigenvalue weighted by Crippen LogP contribution is -2.11. The predicted molar refractivity (Wildman–Crippen MR) is 48.0 cm³/mol. The van der Waals surface area contributed by atoms with Crippen molar-refractivity contribution in [2.75, 3.05) is 6.54 Å². The second-order valence-corrected chi connectivity index (χ2v) is 3.00. The SMILES string of the molecule is Cc1cc([C@H](O)CN)cc(Cl)n1. The molecule has 0 aromatic carbocycles. The van der Waals surface area contributed by atoms with Gasteiger partial charge in [-0.05, 0) is 24.6 Å². The summed E-state index contributed by atoms with van der Waals surface area (Å²) >= 11 is 5.69. The zero-order chi connectivity index (χ0) is 9.14. The smallest absolute Gasteiger partial charge is 0.129 e. The lowest BCUT2D eigenvalue weighted by Gasteiger charge is -2.08. The zero-order valence-electron chi connectivity index (χ0n) is 6.79. The fourth-order valence-electron chi connectivity index (χ4n) is 0.982. The standard InChI is InChI=1S/C8H11ClN2O/c1-5-2-6(7(12)4-10)3-8(9)11-5/h2-3,7,12H,4,10H2,1H3/t7-/m1/s1. The number of nitrogens with zero attached hydrogens (tertiary/aromatic N) is 1. The Balaban J connectivity index is 3.00. The van der Waals surface area contributed by atoms with E-state index in [2.05, 4.69) is 4.98 Å². The van der Waals surface area contributed by atoms with Crippen molar-refractivity contribution in [2.24, 2.45) is 5.73 Å². The van der Waals surface area contributed by atoms with Crippen LogP contribution in [0, 0.1) is 6.92 Å². The number of rotatable bonds is 2. The summed E-state index contributed by atoms with van der Waals surface area (Å²) in [6.07, 6.45) is -0.649. The number of pyridine rings is 1. The molecule has 1 rings (SSSR count). The highest BCUT2D eigenvalue weighted by molar-refractivity contribution is 6.29. The fourth-order valence-corrected chi connectivity index (χ4v) is 1.24. The Morgan fingerprint density at radius 2 is 2.33 bits per heavy atom. The molecule has 0 radical (unpaired) electrons. The van der Waals surface area contributed by atoms with Gasteiger partial charge in [-0.1, -0.05) is 11.6 Å². The molecule has 1 aromatic heterocycles. The van der Waals surface area contributed by atoms with Gasteiger partial charge in [0.05, 0.1) is 6.10 Å². The molecule has 0 saturated heterocycles. The van der Waals surface area contributed by atoms with Crippen LogP contribution in [0.4, 0.5) is 0 Å². The summed E-state index contributed by atoms with van der Waals surface area (Å²) in [5, 5.41) is 9.75. The van der Waals surface area contributed by atoms with Crippen LogP contribution in [0.2, 0.25) is 5.15 Å². The van der Waals surface area contributed by atoms with E-state index >= 15 is 0 Å². The van der Waals surface area contributed by atoms with E-state index in [1.165, 1.54) is 0 Å². The van der Waals surface area contributed by atoms with E-state index in [4.69, 9.17) is 17.3 Å². The summed E-state index contributed by atoms with van der Waals surface area (Å²) < 4.78 is 0. The van der Waals surface area contributed by atoms with Crippen molar-refractivity contribution >= 4 is 11.6 Å². The van der Waals surface area contributed by atoms with Gasteiger partial charge in [-0.3, -0.25) is 0 Å². The molecule has 0 unspecified atom stereocenters. The van der Waals surface area contributed by atoms with Crippen molar-refractivity contribution in [3.05, 3.63) is 28.5 Å². The number of aliphatic hydroxyl groups excluding tert-OH is 1. The molecule has 12 heavy (non-hydrogen) atoms. The molecular weight excluding hydrogens is 176 g/mol. The van der Waals surface area contributed by atoms with Gasteiger partial charge in [-0.2, -0.15) is 0 Å². The molecule has 0 aliphatic rings. The summed E-state index contributed by atoms with van der Waals surface area (Å²) in [4.78, 5) is 3.96. The average Bonchev–Trinajstić information content (AvgIpc) is 2.01. The van der Waals surface area contributed by atoms with Gasteiger partial charge in [0.15, 0.2) is 0 Å². The second-order valence-electron chi connectivity index (χ2n) is 2.62. The summed E-state index contributed by atoms with van der Waals surface area (Å²) in [5.74, 6) is 0. The van der Waals surface area contributed by atoms with Crippen molar-refractivity contribution in [3.63, 3.8) is 0 Å². The molecule has 0 bridgehead atoms. The number of hydrogen-bond donors (Lipinski definition) is 2. The first-order valence-electron chi connectivity index (χ1n) is 3.65. The second kappa shape index (κ2) is 3.85. The predicted octanol–water partition coefficient (Wildman–Crippen LogP) is 1.04. The Morgan fingerprint density at radius 3 is 2.83 bits per heavy atom. The van der Waals surface area contributed by atoms with E-state index in [1.54, 1.807) is 12.1 Å². The van der Waals surface area contributed by atoms with Gasteiger partial charge in [0.2, 0.25) is 0 Å². The first kappa shape index (κ1) is 9.45. The minimum Gasteiger partial charge on any atom is -0.387 e. The van der Waals surface area contributed by atoms with Crippen LogP contribution in [0.15, 0.2) is 12.1 Å². The molecule has 0 fully saturated rings. The Kier molecular flexibility index (Phi) is 3.03. The van der Waals surface area contributed by atoms with E-state index in [0.29, 0.717) is 5.15 Å². The van der Waals surface area contributed by atoms with E-state index in [1.807, 2.05) is 6.92 Å². The molecule has 0 saturated carbocycles. The average molecular weight is 187 g/mol. The van der Waals surface area contributed by atoms with Gasteiger partial charge in [0.1, 0.15) is 5.15 Å². The molecule has 3 N–H and O–H groups in total. The molecule has 1 atom stereocenters. The van der Waals surface area contributed by atoms with Crippen LogP contribution < -0.4 is 5.73 Å². The highest BCUT2D eigenvalue weighted by atomic mass is 35.5. The minimum absolute atomic E-state index is 0.194. The van der Waals surface area contributed by atoms with Gasteiger partial charge in [-0.25, -0.2) is 4.98 Å². The normalized spacial score (nSPS) is 13.0. The monoisotopic (exact) mass is 186 g/mol. The van der Waals surface area contributed by atoms with Gasteiger partial charge in [0.25, 0.3) is 0 Å². The third kappa shape index (κ3) is 2.17. The fraction of sp³-hybridized carbons (Fsp3) is 0.375. The van der Waals surface area contributed by atoms with E-state index in [9.17, 15) is 5.11 Å². The number of aliphatic hydroxyl groups is 1. The molecular formula is C8H11ClN2O. The van der Waals surface area contributed by atoms with Crippen LogP contribution in [0.25, 0.3) is 0 Å². The first-order chi connectivity index (χ1) is 5.63. The maximum Gasteiger partial charge on any atom is 0.129 e. The molecule has 66 valence electrons. The first-order valence-corrected chi connectivity index (χ1v) is 4.03. The van der Waals surface area contributed by atoms with E-state index in [0.717, 1.165) is 11.3 Å². The molecule has 0 amide bonds. The summed E-state index contributed by atoms with van der Waals surface area (Å²) in [6.45, 7) is 2.01. The van der Waals surface area contributed by atoms with Crippen LogP contribution in [0.1, 0.15) is 17.4 Å². The molecule has 0 spiro atoms. The van der Waals surface area contributed by atoms with Crippen LogP contribution in [0.3, 0.4) is 0 Å². The van der Waals surface area contributed by atoms with Crippen LogP contribution >= 0.6 is 11.6 Å². The summed E-state index contributed by atoms with van der Waals surface area (Å²) in [7, 11) is 0. The van der Waals surface area contributed by atoms with Gasteiger partial charge >= 0.3 is 0 Å². The van der Waals surface area contributed by atoms with Crippen molar-refractivity contribution in [1.29, 1.82) is 0 Å². The van der Waals surface area contributed by atoms with Crippen molar-refractivity contribution < 1.29 is 5.11 Å². The van der Waals surface area contributed by atoms with Crippen molar-refractivity contribution in [2.45, 2.75) is 13.0 Å². The summed E-state index contributed by atoms with van der Waals surface area (Å²) in [5.41, 5.74) is 6.79. The Bertz CT molecular complexity index is 258. The lowest BCUT2D eigenvalue weighted by molar-refractivity contribution is 0.186. The maximum absolute atomic E-state index is 9.37. The molecule has 0 aliphatic heterocycles. The van der Waals surface area contributed by atoms with Gasteiger partial charge in [0, 0.05) is 12.2 Å². The number of aryl methyl sites for hydroxylation is 1. The van der Waals surface area contributed by atoms with E-state index < -0.39 is 6.10 Å². The molecule has 4 heteroatoms. The topological polar surface area (TPSA) is 59.1 Å². The van der Waals surface area contributed by atoms with E-state index in [-0.39, 0.29) is 6.54 Å². The van der Waals surface area contributed by atoms with Crippen LogP contribution in [-0.4, -0.2) is 16.6 Å². The minimum atomic E-state index is -0.649. The van der Waals surface area contributed by atoms with Crippen LogP contribution in [0.5, 0.6) is 0 Å². The summed E-state index contributed by atoms with van der Waals surface area (Å²) in [6, 6.07) is 3.38. The molecule has 1 aromatic rings. The van der Waals surface area contributed by atoms with Crippen molar-refractivity contribution in [3.8, 4) is 0 Å². The highest BCUT2D eigenvalue weighted by Crippen LogP contribution is 2.16. The van der Waals surface area contributed by atoms with Crippen molar-refractivity contribution in [1.82, 2.24) is 4.98 Å². The molecule has 0 aliphatic carbocycles. The molecule has 1 heterocycles. The van der Waals surface area contributed by atoms with Gasteiger partial charge < -0.3 is 10.8 Å². The van der Waals surface area contributed by atoms with Gasteiger partial charge in [-0.15, -0.1) is 0 Å². The third-order valence-corrected chi connectivity index (χ3v) is 1.75. The maximum atomic E-state index is 9.37. The number of nitrogens with two attached hydrogens (primary N) is 1. The van der Waals surface area contributed by atoms with Crippen LogP contribution in [-0.2, 0) is 0 Å². The number of aromatic nitrogens is 1. The Hall–Kier alpha value is -0.640.